The van der Waals surface area contributed by atoms with Gasteiger partial charge in [-0.3, -0.25) is 10.1 Å². The summed E-state index contributed by atoms with van der Waals surface area (Å²) >= 11 is 0. The fourth-order valence-electron chi connectivity index (χ4n) is 2.61. The maximum atomic E-state index is 11.9. The van der Waals surface area contributed by atoms with Crippen molar-refractivity contribution in [1.82, 2.24) is 10.2 Å². The standard InChI is InChI=1S/C13H24N2O/c1-4-13(5-6-13)9-15-11(7-10(2)3)14-8-12(15)16/h10-11,14H,4-9H2,1-3H3. The Morgan fingerprint density at radius 3 is 2.69 bits per heavy atom. The Bertz CT molecular complexity index is 271. The molecule has 0 radical (unpaired) electrons. The van der Waals surface area contributed by atoms with Crippen molar-refractivity contribution in [2.75, 3.05) is 13.1 Å². The van der Waals surface area contributed by atoms with Crippen LogP contribution in [0.4, 0.5) is 0 Å². The second-order valence-corrected chi connectivity index (χ2v) is 5.90. The van der Waals surface area contributed by atoms with Crippen LogP contribution in [0.3, 0.4) is 0 Å². The molecule has 0 bridgehead atoms. The Balaban J connectivity index is 1.96. The van der Waals surface area contributed by atoms with Crippen LogP contribution in [-0.2, 0) is 4.79 Å². The average molecular weight is 224 g/mol. The van der Waals surface area contributed by atoms with Crippen LogP contribution in [0.5, 0.6) is 0 Å². The van der Waals surface area contributed by atoms with E-state index in [-0.39, 0.29) is 6.17 Å². The molecule has 0 spiro atoms. The molecule has 1 aliphatic heterocycles. The fraction of sp³-hybridized carbons (Fsp3) is 0.923. The van der Waals surface area contributed by atoms with Crippen LogP contribution < -0.4 is 5.32 Å². The third-order valence-electron chi connectivity index (χ3n) is 4.09. The van der Waals surface area contributed by atoms with Crippen molar-refractivity contribution in [2.45, 2.75) is 52.6 Å². The lowest BCUT2D eigenvalue weighted by Gasteiger charge is -2.29. The van der Waals surface area contributed by atoms with E-state index in [1.807, 2.05) is 0 Å². The third kappa shape index (κ3) is 2.40. The average Bonchev–Trinajstić information content (AvgIpc) is 2.93. The minimum atomic E-state index is 0.288. The summed E-state index contributed by atoms with van der Waals surface area (Å²) < 4.78 is 0. The van der Waals surface area contributed by atoms with Gasteiger partial charge in [0, 0.05) is 6.54 Å². The van der Waals surface area contributed by atoms with Crippen molar-refractivity contribution in [3.05, 3.63) is 0 Å². The SMILES string of the molecule is CCC1(CN2C(=O)CNC2CC(C)C)CC1. The quantitative estimate of drug-likeness (QED) is 0.774. The van der Waals surface area contributed by atoms with Crippen molar-refractivity contribution in [3.63, 3.8) is 0 Å². The van der Waals surface area contributed by atoms with E-state index in [0.717, 1.165) is 13.0 Å². The van der Waals surface area contributed by atoms with Crippen molar-refractivity contribution in [2.24, 2.45) is 11.3 Å². The maximum absolute atomic E-state index is 11.9. The molecule has 1 amide bonds. The van der Waals surface area contributed by atoms with Crippen LogP contribution in [0.2, 0.25) is 0 Å². The molecule has 2 rings (SSSR count). The van der Waals surface area contributed by atoms with Gasteiger partial charge < -0.3 is 4.90 Å². The normalized spacial score (nSPS) is 27.9. The lowest BCUT2D eigenvalue weighted by molar-refractivity contribution is -0.129. The number of hydrogen-bond donors (Lipinski definition) is 1. The fourth-order valence-corrected chi connectivity index (χ4v) is 2.61. The third-order valence-corrected chi connectivity index (χ3v) is 4.09. The Kier molecular flexibility index (Phi) is 3.24. The van der Waals surface area contributed by atoms with Gasteiger partial charge in [0.05, 0.1) is 12.7 Å². The molecule has 3 nitrogen and oxygen atoms in total. The van der Waals surface area contributed by atoms with Crippen LogP contribution in [0.1, 0.15) is 46.5 Å². The molecule has 1 saturated carbocycles. The molecule has 1 saturated heterocycles. The Morgan fingerprint density at radius 2 is 2.19 bits per heavy atom. The second-order valence-electron chi connectivity index (χ2n) is 5.90. The summed E-state index contributed by atoms with van der Waals surface area (Å²) in [6.07, 6.45) is 5.19. The Hall–Kier alpha value is -0.570. The van der Waals surface area contributed by atoms with Gasteiger partial charge in [0.1, 0.15) is 0 Å². The summed E-state index contributed by atoms with van der Waals surface area (Å²) in [5.74, 6) is 0.938. The van der Waals surface area contributed by atoms with Crippen molar-refractivity contribution < 1.29 is 4.79 Å². The highest BCUT2D eigenvalue weighted by molar-refractivity contribution is 5.80. The van der Waals surface area contributed by atoms with Crippen LogP contribution in [0.25, 0.3) is 0 Å². The first-order valence-corrected chi connectivity index (χ1v) is 6.59. The molecule has 0 aromatic carbocycles. The highest BCUT2D eigenvalue weighted by atomic mass is 16.2. The zero-order valence-corrected chi connectivity index (χ0v) is 10.8. The summed E-state index contributed by atoms with van der Waals surface area (Å²) in [6.45, 7) is 8.20. The summed E-state index contributed by atoms with van der Waals surface area (Å²) in [5, 5.41) is 3.34. The van der Waals surface area contributed by atoms with Gasteiger partial charge in [-0.05, 0) is 37.0 Å². The molecule has 0 aromatic heterocycles. The minimum absolute atomic E-state index is 0.288. The highest BCUT2D eigenvalue weighted by Crippen LogP contribution is 2.49. The number of amides is 1. The molecule has 0 aromatic rings. The monoisotopic (exact) mass is 224 g/mol. The summed E-state index contributed by atoms with van der Waals surface area (Å²) in [6, 6.07) is 0. The van der Waals surface area contributed by atoms with Gasteiger partial charge in [-0.15, -0.1) is 0 Å². The van der Waals surface area contributed by atoms with E-state index in [9.17, 15) is 4.79 Å². The molecule has 1 N–H and O–H groups in total. The van der Waals surface area contributed by atoms with Gasteiger partial charge in [-0.1, -0.05) is 20.8 Å². The maximum Gasteiger partial charge on any atom is 0.237 e. The number of hydrogen-bond acceptors (Lipinski definition) is 2. The zero-order chi connectivity index (χ0) is 11.8. The molecule has 1 atom stereocenters. The molecule has 92 valence electrons. The largest absolute Gasteiger partial charge is 0.325 e. The Labute approximate surface area is 98.6 Å². The first-order valence-electron chi connectivity index (χ1n) is 6.59. The van der Waals surface area contributed by atoms with E-state index in [2.05, 4.69) is 31.0 Å². The van der Waals surface area contributed by atoms with Crippen molar-refractivity contribution in [3.8, 4) is 0 Å². The first-order chi connectivity index (χ1) is 7.56. The van der Waals surface area contributed by atoms with Crippen LogP contribution in [0, 0.1) is 11.3 Å². The summed E-state index contributed by atoms with van der Waals surface area (Å²) in [5.41, 5.74) is 0.469. The first kappa shape index (κ1) is 11.9. The predicted molar refractivity (Wildman–Crippen MR) is 64.9 cm³/mol. The number of carbonyl (C=O) groups excluding carboxylic acids is 1. The van der Waals surface area contributed by atoms with E-state index in [4.69, 9.17) is 0 Å². The molecule has 3 heteroatoms. The van der Waals surface area contributed by atoms with E-state index in [1.165, 1.54) is 19.3 Å². The van der Waals surface area contributed by atoms with Crippen LogP contribution >= 0.6 is 0 Å². The van der Waals surface area contributed by atoms with E-state index >= 15 is 0 Å². The lowest BCUT2D eigenvalue weighted by atomic mass is 10.0. The minimum Gasteiger partial charge on any atom is -0.325 e. The molecule has 1 unspecified atom stereocenters. The molecule has 1 heterocycles. The lowest BCUT2D eigenvalue weighted by Crippen LogP contribution is -2.41. The van der Waals surface area contributed by atoms with Gasteiger partial charge in [0.25, 0.3) is 0 Å². The number of carbonyl (C=O) groups is 1. The van der Waals surface area contributed by atoms with Gasteiger partial charge in [-0.25, -0.2) is 0 Å². The molecular formula is C13H24N2O. The van der Waals surface area contributed by atoms with Gasteiger partial charge in [-0.2, -0.15) is 0 Å². The number of rotatable bonds is 5. The topological polar surface area (TPSA) is 32.3 Å². The number of nitrogens with zero attached hydrogens (tertiary/aromatic N) is 1. The molecule has 1 aliphatic carbocycles. The zero-order valence-electron chi connectivity index (χ0n) is 10.8. The van der Waals surface area contributed by atoms with E-state index in [0.29, 0.717) is 23.8 Å². The molecule has 2 aliphatic rings. The van der Waals surface area contributed by atoms with Gasteiger partial charge >= 0.3 is 0 Å². The van der Waals surface area contributed by atoms with E-state index < -0.39 is 0 Å². The summed E-state index contributed by atoms with van der Waals surface area (Å²) in [7, 11) is 0. The Morgan fingerprint density at radius 1 is 1.50 bits per heavy atom. The number of nitrogens with one attached hydrogen (secondary N) is 1. The second kappa shape index (κ2) is 4.36. The van der Waals surface area contributed by atoms with E-state index in [1.54, 1.807) is 0 Å². The van der Waals surface area contributed by atoms with Crippen LogP contribution in [0.15, 0.2) is 0 Å². The summed E-state index contributed by atoms with van der Waals surface area (Å²) in [4.78, 5) is 13.9. The van der Waals surface area contributed by atoms with Crippen LogP contribution in [-0.4, -0.2) is 30.1 Å². The molecule has 2 fully saturated rings. The highest BCUT2D eigenvalue weighted by Gasteiger charge is 2.45. The van der Waals surface area contributed by atoms with Gasteiger partial charge in [0.2, 0.25) is 5.91 Å². The van der Waals surface area contributed by atoms with Gasteiger partial charge in [0.15, 0.2) is 0 Å². The molecular weight excluding hydrogens is 200 g/mol. The van der Waals surface area contributed by atoms with Crippen molar-refractivity contribution in [1.29, 1.82) is 0 Å². The molecule has 16 heavy (non-hydrogen) atoms. The van der Waals surface area contributed by atoms with Crippen molar-refractivity contribution >= 4 is 5.91 Å². The smallest absolute Gasteiger partial charge is 0.237 e. The predicted octanol–water partition coefficient (Wildman–Crippen LogP) is 1.98.